The number of nitrogens with zero attached hydrogens (tertiary/aromatic N) is 3. The first-order valence-electron chi connectivity index (χ1n) is 10.6. The molecular weight excluding hydrogens is 398 g/mol. The predicted molar refractivity (Wildman–Crippen MR) is 111 cm³/mol. The van der Waals surface area contributed by atoms with E-state index in [2.05, 4.69) is 15.2 Å². The molecule has 1 atom stereocenters. The molecular formula is C22H23N5O4. The molecule has 1 aromatic heterocycles. The van der Waals surface area contributed by atoms with Crippen LogP contribution >= 0.6 is 0 Å². The number of nitrogens with two attached hydrogens (primary N) is 1. The summed E-state index contributed by atoms with van der Waals surface area (Å²) in [6.07, 6.45) is 6.39. The zero-order chi connectivity index (χ0) is 20.9. The maximum absolute atomic E-state index is 12.0. The van der Waals surface area contributed by atoms with Crippen LogP contribution in [0.15, 0.2) is 52.1 Å². The SMILES string of the molecule is NC(=O)C(NC1=COCC2=C3C1=CN=C(c1ccc4c(n1)OCCO4)N3CC2)C1CC1. The van der Waals surface area contributed by atoms with Gasteiger partial charge in [-0.05, 0) is 42.9 Å². The Morgan fingerprint density at radius 3 is 2.97 bits per heavy atom. The van der Waals surface area contributed by atoms with Crippen LogP contribution in [0.5, 0.6) is 11.6 Å². The monoisotopic (exact) mass is 421 g/mol. The molecule has 1 unspecified atom stereocenters. The number of ether oxygens (including phenoxy) is 3. The first kappa shape index (κ1) is 18.3. The van der Waals surface area contributed by atoms with Crippen molar-refractivity contribution in [1.29, 1.82) is 0 Å². The summed E-state index contributed by atoms with van der Waals surface area (Å²) >= 11 is 0. The topological polar surface area (TPSA) is 111 Å². The van der Waals surface area contributed by atoms with E-state index in [4.69, 9.17) is 24.9 Å². The Kier molecular flexibility index (Phi) is 4.15. The summed E-state index contributed by atoms with van der Waals surface area (Å²) in [4.78, 5) is 23.6. The zero-order valence-corrected chi connectivity index (χ0v) is 17.0. The van der Waals surface area contributed by atoms with Crippen LogP contribution in [0.3, 0.4) is 0 Å². The molecule has 0 saturated heterocycles. The number of amides is 1. The molecule has 3 N–H and O–H groups in total. The first-order chi connectivity index (χ1) is 15.2. The van der Waals surface area contributed by atoms with Crippen molar-refractivity contribution in [2.75, 3.05) is 26.4 Å². The second kappa shape index (κ2) is 7.04. The van der Waals surface area contributed by atoms with Crippen LogP contribution in [-0.2, 0) is 9.53 Å². The summed E-state index contributed by atoms with van der Waals surface area (Å²) in [6, 6.07) is 3.38. The lowest BCUT2D eigenvalue weighted by atomic mass is 10.0. The van der Waals surface area contributed by atoms with Crippen molar-refractivity contribution >= 4 is 11.7 Å². The first-order valence-corrected chi connectivity index (χ1v) is 10.6. The molecule has 6 rings (SSSR count). The summed E-state index contributed by atoms with van der Waals surface area (Å²) in [5.74, 6) is 1.85. The standard InChI is InChI=1S/C22H23N5O4/c23-20(28)18(12-1-2-12)25-16-11-29-10-13-5-6-27-19(13)14(16)9-24-21(27)15-3-4-17-22(26-15)31-8-7-30-17/h3-4,9,11-12,18,25H,1-2,5-8,10H2,(H2,23,28). The molecule has 0 bridgehead atoms. The van der Waals surface area contributed by atoms with Gasteiger partial charge in [-0.3, -0.25) is 4.79 Å². The number of hydrogen-bond acceptors (Lipinski definition) is 8. The number of pyridine rings is 1. The van der Waals surface area contributed by atoms with Crippen molar-refractivity contribution in [3.63, 3.8) is 0 Å². The zero-order valence-electron chi connectivity index (χ0n) is 17.0. The van der Waals surface area contributed by atoms with Crippen molar-refractivity contribution in [2.45, 2.75) is 25.3 Å². The highest BCUT2D eigenvalue weighted by molar-refractivity contribution is 6.01. The van der Waals surface area contributed by atoms with E-state index in [0.717, 1.165) is 54.3 Å². The summed E-state index contributed by atoms with van der Waals surface area (Å²) in [5, 5.41) is 3.33. The second-order valence-electron chi connectivity index (χ2n) is 8.25. The molecule has 5 heterocycles. The molecule has 1 saturated carbocycles. The van der Waals surface area contributed by atoms with Gasteiger partial charge >= 0.3 is 0 Å². The van der Waals surface area contributed by atoms with E-state index in [-0.39, 0.29) is 11.8 Å². The van der Waals surface area contributed by atoms with E-state index in [9.17, 15) is 4.79 Å². The molecule has 5 aliphatic rings. The number of carbonyl (C=O) groups is 1. The Bertz CT molecular complexity index is 1090. The predicted octanol–water partition coefficient (Wildman–Crippen LogP) is 1.18. The number of hydrogen-bond donors (Lipinski definition) is 2. The Hall–Kier alpha value is -3.49. The van der Waals surface area contributed by atoms with Gasteiger partial charge < -0.3 is 30.2 Å². The number of carbonyl (C=O) groups excluding carboxylic acids is 1. The summed E-state index contributed by atoms with van der Waals surface area (Å²) < 4.78 is 17.1. The van der Waals surface area contributed by atoms with E-state index in [1.54, 1.807) is 6.26 Å². The molecule has 9 nitrogen and oxygen atoms in total. The van der Waals surface area contributed by atoms with Crippen molar-refractivity contribution in [1.82, 2.24) is 15.2 Å². The average Bonchev–Trinajstić information content (AvgIpc) is 3.56. The van der Waals surface area contributed by atoms with Crippen molar-refractivity contribution in [2.24, 2.45) is 16.6 Å². The Balaban J connectivity index is 1.37. The van der Waals surface area contributed by atoms with Crippen molar-refractivity contribution < 1.29 is 19.0 Å². The van der Waals surface area contributed by atoms with Crippen LogP contribution in [0, 0.1) is 5.92 Å². The lowest BCUT2D eigenvalue weighted by Gasteiger charge is -2.30. The van der Waals surface area contributed by atoms with Crippen LogP contribution in [0.25, 0.3) is 0 Å². The summed E-state index contributed by atoms with van der Waals surface area (Å²) in [7, 11) is 0. The van der Waals surface area contributed by atoms with Gasteiger partial charge in [0.1, 0.15) is 37.8 Å². The van der Waals surface area contributed by atoms with Crippen LogP contribution in [0.1, 0.15) is 25.0 Å². The van der Waals surface area contributed by atoms with Gasteiger partial charge in [-0.15, -0.1) is 0 Å². The van der Waals surface area contributed by atoms with Crippen LogP contribution in [0.4, 0.5) is 0 Å². The molecule has 0 radical (unpaired) electrons. The average molecular weight is 421 g/mol. The van der Waals surface area contributed by atoms with Crippen LogP contribution in [0.2, 0.25) is 0 Å². The third-order valence-electron chi connectivity index (χ3n) is 6.16. The fourth-order valence-electron chi connectivity index (χ4n) is 4.49. The van der Waals surface area contributed by atoms with E-state index in [1.165, 1.54) is 5.57 Å². The highest BCUT2D eigenvalue weighted by Gasteiger charge is 2.39. The number of nitrogens with one attached hydrogen (secondary N) is 1. The molecule has 1 amide bonds. The summed E-state index contributed by atoms with van der Waals surface area (Å²) in [6.45, 7) is 2.30. The largest absolute Gasteiger partial charge is 0.495 e. The van der Waals surface area contributed by atoms with Gasteiger partial charge in [0.25, 0.3) is 5.88 Å². The minimum absolute atomic E-state index is 0.278. The lowest BCUT2D eigenvalue weighted by molar-refractivity contribution is -0.120. The lowest BCUT2D eigenvalue weighted by Crippen LogP contribution is -2.43. The normalized spacial score (nSPS) is 22.5. The molecule has 1 aromatic rings. The van der Waals surface area contributed by atoms with E-state index in [0.29, 0.717) is 31.5 Å². The molecule has 1 aliphatic carbocycles. The maximum atomic E-state index is 12.0. The van der Waals surface area contributed by atoms with Gasteiger partial charge in [-0.2, -0.15) is 0 Å². The molecule has 9 heteroatoms. The smallest absolute Gasteiger partial charge is 0.257 e. The number of fused-ring (bicyclic) bond motifs is 1. The van der Waals surface area contributed by atoms with E-state index < -0.39 is 6.04 Å². The second-order valence-corrected chi connectivity index (χ2v) is 8.25. The quantitative estimate of drug-likeness (QED) is 0.734. The van der Waals surface area contributed by atoms with Crippen molar-refractivity contribution in [3.8, 4) is 11.6 Å². The van der Waals surface area contributed by atoms with Crippen LogP contribution < -0.4 is 20.5 Å². The third kappa shape index (κ3) is 3.11. The highest BCUT2D eigenvalue weighted by atomic mass is 16.6. The van der Waals surface area contributed by atoms with Gasteiger partial charge in [0.05, 0.1) is 11.4 Å². The number of primary amides is 1. The molecule has 4 aliphatic heterocycles. The van der Waals surface area contributed by atoms with Gasteiger partial charge in [0.15, 0.2) is 11.6 Å². The number of amidine groups is 1. The fraction of sp³-hybridized carbons (Fsp3) is 0.409. The Morgan fingerprint density at radius 1 is 1.26 bits per heavy atom. The third-order valence-corrected chi connectivity index (χ3v) is 6.16. The molecule has 0 spiro atoms. The number of aliphatic imine (C=N–C) groups is 1. The number of rotatable bonds is 5. The van der Waals surface area contributed by atoms with Crippen LogP contribution in [-0.4, -0.2) is 54.0 Å². The molecule has 31 heavy (non-hydrogen) atoms. The van der Waals surface area contributed by atoms with E-state index in [1.807, 2.05) is 18.3 Å². The minimum Gasteiger partial charge on any atom is -0.495 e. The molecule has 0 aromatic carbocycles. The summed E-state index contributed by atoms with van der Waals surface area (Å²) in [5.41, 5.74) is 10.3. The number of aromatic nitrogens is 1. The van der Waals surface area contributed by atoms with Gasteiger partial charge in [0, 0.05) is 18.3 Å². The maximum Gasteiger partial charge on any atom is 0.257 e. The van der Waals surface area contributed by atoms with Gasteiger partial charge in [-0.1, -0.05) is 0 Å². The highest BCUT2D eigenvalue weighted by Crippen LogP contribution is 2.40. The van der Waals surface area contributed by atoms with Gasteiger partial charge in [-0.25, -0.2) is 9.98 Å². The minimum atomic E-state index is -0.405. The van der Waals surface area contributed by atoms with Crippen molar-refractivity contribution in [3.05, 3.63) is 52.8 Å². The van der Waals surface area contributed by atoms with E-state index >= 15 is 0 Å². The fourth-order valence-corrected chi connectivity index (χ4v) is 4.49. The molecule has 160 valence electrons. The Morgan fingerprint density at radius 2 is 2.13 bits per heavy atom. The molecule has 1 fully saturated rings. The Labute approximate surface area is 179 Å². The van der Waals surface area contributed by atoms with Gasteiger partial charge in [0.2, 0.25) is 5.91 Å².